The zero-order chi connectivity index (χ0) is 29.3. The van der Waals surface area contributed by atoms with Crippen LogP contribution in [-0.2, 0) is 16.9 Å². The van der Waals surface area contributed by atoms with E-state index in [0.29, 0.717) is 43.9 Å². The summed E-state index contributed by atoms with van der Waals surface area (Å²) in [7, 11) is 0. The number of ether oxygens (including phenoxy) is 1. The average Bonchev–Trinajstić information content (AvgIpc) is 3.75. The van der Waals surface area contributed by atoms with E-state index in [1.54, 1.807) is 4.90 Å². The highest BCUT2D eigenvalue weighted by Gasteiger charge is 2.71. The summed E-state index contributed by atoms with van der Waals surface area (Å²) in [6.07, 6.45) is -11.2. The smallest absolute Gasteiger partial charge is 0.443 e. The molecule has 2 aromatic rings. The lowest BCUT2D eigenvalue weighted by molar-refractivity contribution is -0.376. The van der Waals surface area contributed by atoms with Gasteiger partial charge in [-0.1, -0.05) is 28.7 Å². The molecular formula is C26H26F7N3O4. The third kappa shape index (κ3) is 6.33. The Morgan fingerprint density at radius 1 is 0.875 bits per heavy atom. The van der Waals surface area contributed by atoms with E-state index in [1.807, 2.05) is 4.90 Å². The van der Waals surface area contributed by atoms with Crippen LogP contribution in [-0.4, -0.2) is 72.0 Å². The molecule has 1 heterocycles. The molecule has 2 fully saturated rings. The van der Waals surface area contributed by atoms with Crippen LogP contribution in [0, 0.1) is 5.92 Å². The van der Waals surface area contributed by atoms with E-state index >= 15 is 0 Å². The highest BCUT2D eigenvalue weighted by molar-refractivity contribution is 5.95. The lowest BCUT2D eigenvalue weighted by Gasteiger charge is -2.35. The van der Waals surface area contributed by atoms with Crippen molar-refractivity contribution < 1.29 is 50.3 Å². The summed E-state index contributed by atoms with van der Waals surface area (Å²) < 4.78 is 97.6. The maximum Gasteiger partial charge on any atom is 0.443 e. The van der Waals surface area contributed by atoms with Crippen molar-refractivity contribution >= 4 is 17.7 Å². The Balaban J connectivity index is 1.29. The van der Waals surface area contributed by atoms with Gasteiger partial charge in [-0.2, -0.15) is 26.3 Å². The third-order valence-electron chi connectivity index (χ3n) is 6.90. The van der Waals surface area contributed by atoms with Crippen LogP contribution in [0.4, 0.5) is 41.3 Å². The SMILES string of the molecule is O=C(c1ccc(N(F)C(=O)OCC2CC2)cc1)N1CCN(Cc2ccc(C(O)(C(F)(F)F)C(F)(F)F)cc2)CC1. The van der Waals surface area contributed by atoms with E-state index in [4.69, 9.17) is 4.74 Å². The van der Waals surface area contributed by atoms with Gasteiger partial charge in [-0.25, -0.2) is 4.79 Å². The van der Waals surface area contributed by atoms with Crippen molar-refractivity contribution in [2.24, 2.45) is 5.92 Å². The molecule has 218 valence electrons. The van der Waals surface area contributed by atoms with Gasteiger partial charge in [-0.05, 0) is 48.6 Å². The van der Waals surface area contributed by atoms with Gasteiger partial charge in [0.25, 0.3) is 11.5 Å². The highest BCUT2D eigenvalue weighted by Crippen LogP contribution is 2.50. The number of piperazine rings is 1. The lowest BCUT2D eigenvalue weighted by Crippen LogP contribution is -2.53. The van der Waals surface area contributed by atoms with E-state index in [-0.39, 0.29) is 41.3 Å². The van der Waals surface area contributed by atoms with Gasteiger partial charge in [0.2, 0.25) is 0 Å². The molecule has 2 aliphatic rings. The zero-order valence-electron chi connectivity index (χ0n) is 21.0. The summed E-state index contributed by atoms with van der Waals surface area (Å²) in [4.78, 5) is 28.1. The number of carbonyl (C=O) groups is 2. The van der Waals surface area contributed by atoms with Crippen LogP contribution < -0.4 is 5.12 Å². The molecule has 1 saturated heterocycles. The van der Waals surface area contributed by atoms with Gasteiger partial charge in [0.05, 0.1) is 12.3 Å². The average molecular weight is 577 g/mol. The molecule has 1 aliphatic heterocycles. The van der Waals surface area contributed by atoms with Crippen LogP contribution in [0.2, 0.25) is 0 Å². The van der Waals surface area contributed by atoms with Gasteiger partial charge >= 0.3 is 18.4 Å². The summed E-state index contributed by atoms with van der Waals surface area (Å²) in [6, 6.07) is 8.72. The fraction of sp³-hybridized carbons (Fsp3) is 0.462. The molecule has 0 spiro atoms. The predicted octanol–water partition coefficient (Wildman–Crippen LogP) is 5.19. The molecule has 1 aliphatic carbocycles. The first-order valence-corrected chi connectivity index (χ1v) is 12.4. The molecule has 14 heteroatoms. The second-order valence-corrected chi connectivity index (χ2v) is 9.82. The maximum atomic E-state index is 14.2. The summed E-state index contributed by atoms with van der Waals surface area (Å²) >= 11 is 0. The molecule has 2 amide bonds. The van der Waals surface area contributed by atoms with Crippen LogP contribution in [0.25, 0.3) is 0 Å². The topological polar surface area (TPSA) is 73.3 Å². The number of aliphatic hydroxyl groups is 1. The molecule has 0 unspecified atom stereocenters. The first kappa shape index (κ1) is 29.6. The van der Waals surface area contributed by atoms with Crippen molar-refractivity contribution in [3.63, 3.8) is 0 Å². The van der Waals surface area contributed by atoms with Gasteiger partial charge < -0.3 is 14.7 Å². The number of amides is 2. The molecule has 0 atom stereocenters. The molecule has 40 heavy (non-hydrogen) atoms. The number of rotatable bonds is 7. The first-order valence-electron chi connectivity index (χ1n) is 12.4. The zero-order valence-corrected chi connectivity index (χ0v) is 21.0. The molecule has 0 aromatic heterocycles. The van der Waals surface area contributed by atoms with E-state index in [9.17, 15) is 45.5 Å². The van der Waals surface area contributed by atoms with Crippen molar-refractivity contribution in [3.8, 4) is 0 Å². The quantitative estimate of drug-likeness (QED) is 0.362. The molecule has 2 aromatic carbocycles. The molecule has 7 nitrogen and oxygen atoms in total. The van der Waals surface area contributed by atoms with Crippen LogP contribution >= 0.6 is 0 Å². The number of alkyl halides is 6. The van der Waals surface area contributed by atoms with Gasteiger partial charge in [0.15, 0.2) is 0 Å². The number of halogens is 7. The summed E-state index contributed by atoms with van der Waals surface area (Å²) in [5.41, 5.74) is -5.70. The highest BCUT2D eigenvalue weighted by atomic mass is 19.4. The fourth-order valence-electron chi connectivity index (χ4n) is 4.26. The van der Waals surface area contributed by atoms with E-state index in [0.717, 1.165) is 25.0 Å². The Morgan fingerprint density at radius 2 is 1.43 bits per heavy atom. The van der Waals surface area contributed by atoms with Crippen LogP contribution in [0.1, 0.15) is 34.3 Å². The molecule has 4 rings (SSSR count). The number of nitrogens with zero attached hydrogens (tertiary/aromatic N) is 3. The van der Waals surface area contributed by atoms with Gasteiger partial charge in [0.1, 0.15) is 0 Å². The molecule has 0 bridgehead atoms. The standard InChI is InChI=1S/C26H26F7N3O4/c27-25(28,29)24(39,26(30,31)32)20-7-3-17(4-8-20)15-34-11-13-35(14-12-34)22(37)19-5-9-21(10-6-19)36(33)23(38)40-16-18-1-2-18/h3-10,18,39H,1-2,11-16H2. The van der Waals surface area contributed by atoms with Crippen LogP contribution in [0.3, 0.4) is 0 Å². The Bertz CT molecular complexity index is 1180. The van der Waals surface area contributed by atoms with Crippen LogP contribution in [0.15, 0.2) is 48.5 Å². The predicted molar refractivity (Wildman–Crippen MR) is 128 cm³/mol. The number of carbonyl (C=O) groups excluding carboxylic acids is 2. The minimum Gasteiger partial charge on any atom is -0.447 e. The van der Waals surface area contributed by atoms with Crippen LogP contribution in [0.5, 0.6) is 0 Å². The number of hydrogen-bond acceptors (Lipinski definition) is 5. The Morgan fingerprint density at radius 3 is 1.93 bits per heavy atom. The van der Waals surface area contributed by atoms with Crippen molar-refractivity contribution in [2.45, 2.75) is 37.3 Å². The van der Waals surface area contributed by atoms with Gasteiger partial charge in [0, 0.05) is 43.9 Å². The lowest BCUT2D eigenvalue weighted by atomic mass is 9.91. The van der Waals surface area contributed by atoms with Crippen molar-refractivity contribution in [1.82, 2.24) is 9.80 Å². The van der Waals surface area contributed by atoms with E-state index in [2.05, 4.69) is 0 Å². The second-order valence-electron chi connectivity index (χ2n) is 9.82. The molecular weight excluding hydrogens is 551 g/mol. The number of anilines is 1. The summed E-state index contributed by atoms with van der Waals surface area (Å²) in [5.74, 6) is -0.0442. The summed E-state index contributed by atoms with van der Waals surface area (Å²) in [5, 5.41) is 9.38. The van der Waals surface area contributed by atoms with Crippen molar-refractivity contribution in [1.29, 1.82) is 0 Å². The largest absolute Gasteiger partial charge is 0.447 e. The fourth-order valence-corrected chi connectivity index (χ4v) is 4.26. The second kappa shape index (κ2) is 11.2. The maximum absolute atomic E-state index is 14.2. The number of hydrogen-bond donors (Lipinski definition) is 1. The van der Waals surface area contributed by atoms with Crippen molar-refractivity contribution in [3.05, 3.63) is 65.2 Å². The van der Waals surface area contributed by atoms with E-state index in [1.165, 1.54) is 24.3 Å². The monoisotopic (exact) mass is 577 g/mol. The molecule has 0 radical (unpaired) electrons. The minimum absolute atomic E-state index is 0.0860. The van der Waals surface area contributed by atoms with Gasteiger partial charge in [-0.3, -0.25) is 9.69 Å². The third-order valence-corrected chi connectivity index (χ3v) is 6.90. The molecule has 1 saturated carbocycles. The van der Waals surface area contributed by atoms with Gasteiger partial charge in [-0.15, -0.1) is 5.12 Å². The Hall–Kier alpha value is -3.39. The normalized spacial score (nSPS) is 17.1. The Kier molecular flexibility index (Phi) is 8.31. The molecule has 1 N–H and O–H groups in total. The Labute approximate surface area is 224 Å². The van der Waals surface area contributed by atoms with E-state index < -0.39 is 29.6 Å². The summed E-state index contributed by atoms with van der Waals surface area (Å²) in [6.45, 7) is 1.72. The number of benzene rings is 2. The van der Waals surface area contributed by atoms with Crippen molar-refractivity contribution in [2.75, 3.05) is 37.9 Å². The minimum atomic E-state index is -5.96. The first-order chi connectivity index (χ1) is 18.7.